The van der Waals surface area contributed by atoms with E-state index >= 15 is 0 Å². The molecule has 0 radical (unpaired) electrons. The van der Waals surface area contributed by atoms with Gasteiger partial charge in [-0.25, -0.2) is 4.79 Å². The molecule has 0 unspecified atom stereocenters. The van der Waals surface area contributed by atoms with E-state index in [0.717, 1.165) is 56.3 Å². The normalized spacial score (nSPS) is 15.0. The number of hydrogen-bond acceptors (Lipinski definition) is 6. The number of esters is 1. The largest absolute Gasteiger partial charge is 0.464 e. The predicted octanol–water partition coefficient (Wildman–Crippen LogP) is 3.59. The number of rotatable bonds is 5. The molecule has 3 rings (SSSR count). The molecular formula is C25H35N3O4. The van der Waals surface area contributed by atoms with Gasteiger partial charge in [0.15, 0.2) is 11.4 Å². The van der Waals surface area contributed by atoms with Crippen LogP contribution in [0.15, 0.2) is 29.9 Å². The van der Waals surface area contributed by atoms with Gasteiger partial charge in [-0.05, 0) is 61.6 Å². The van der Waals surface area contributed by atoms with Gasteiger partial charge >= 0.3 is 5.97 Å². The molecule has 0 bridgehead atoms. The van der Waals surface area contributed by atoms with E-state index in [0.29, 0.717) is 18.0 Å². The van der Waals surface area contributed by atoms with Gasteiger partial charge in [0.25, 0.3) is 5.91 Å². The first-order valence-corrected chi connectivity index (χ1v) is 11.0. The third-order valence-electron chi connectivity index (χ3n) is 5.00. The molecule has 0 spiro atoms. The molecule has 7 heteroatoms. The van der Waals surface area contributed by atoms with E-state index in [1.54, 1.807) is 6.07 Å². The lowest BCUT2D eigenvalue weighted by atomic mass is 10.0. The Hall–Kier alpha value is -2.98. The van der Waals surface area contributed by atoms with Gasteiger partial charge < -0.3 is 14.7 Å². The number of methoxy groups -OCH3 is 1. The van der Waals surface area contributed by atoms with Crippen molar-refractivity contribution >= 4 is 11.9 Å². The van der Waals surface area contributed by atoms with Gasteiger partial charge in [0.2, 0.25) is 0 Å². The van der Waals surface area contributed by atoms with Gasteiger partial charge in [0.1, 0.15) is 0 Å². The third-order valence-corrected chi connectivity index (χ3v) is 5.00. The highest BCUT2D eigenvalue weighted by Crippen LogP contribution is 2.17. The lowest BCUT2D eigenvalue weighted by Crippen LogP contribution is -2.36. The number of amides is 1. The van der Waals surface area contributed by atoms with E-state index < -0.39 is 5.97 Å². The molecule has 7 nitrogen and oxygen atoms in total. The molecule has 1 aliphatic heterocycles. The first-order chi connectivity index (χ1) is 15.5. The second kappa shape index (κ2) is 14.9. The Labute approximate surface area is 191 Å². The molecule has 2 heterocycles. The van der Waals surface area contributed by atoms with Crippen molar-refractivity contribution in [3.63, 3.8) is 0 Å². The first kappa shape index (κ1) is 27.1. The fourth-order valence-corrected chi connectivity index (χ4v) is 3.44. The average molecular weight is 442 g/mol. The van der Waals surface area contributed by atoms with Crippen LogP contribution >= 0.6 is 0 Å². The van der Waals surface area contributed by atoms with Crippen molar-refractivity contribution in [3.8, 4) is 12.8 Å². The Balaban J connectivity index is 0.000000427. The molecule has 1 amide bonds. The number of aliphatic hydroxyl groups excluding tert-OH is 1. The van der Waals surface area contributed by atoms with Crippen LogP contribution in [0.3, 0.4) is 0 Å². The van der Waals surface area contributed by atoms with Gasteiger partial charge in [-0.2, -0.15) is 0 Å². The number of nitrogens with zero attached hydrogens (tertiary/aromatic N) is 3. The molecule has 32 heavy (non-hydrogen) atoms. The Kier molecular flexibility index (Phi) is 12.6. The molecule has 1 fully saturated rings. The van der Waals surface area contributed by atoms with Crippen LogP contribution in [0.5, 0.6) is 0 Å². The molecule has 0 saturated carbocycles. The monoisotopic (exact) mass is 441 g/mol. The van der Waals surface area contributed by atoms with E-state index in [1.807, 2.05) is 24.8 Å². The zero-order valence-electron chi connectivity index (χ0n) is 19.4. The van der Waals surface area contributed by atoms with E-state index in [9.17, 15) is 9.59 Å². The molecule has 174 valence electrons. The quantitative estimate of drug-likeness (QED) is 0.554. The SMILES string of the molecule is C#C.COC(=O)c1nnc(C(=O)N2CCCCC2)cc1CC(C)C.OCC1=CCCC=C1. The first-order valence-electron chi connectivity index (χ1n) is 11.0. The van der Waals surface area contributed by atoms with Crippen LogP contribution < -0.4 is 0 Å². The highest BCUT2D eigenvalue weighted by molar-refractivity contribution is 5.94. The van der Waals surface area contributed by atoms with Crippen molar-refractivity contribution in [3.05, 3.63) is 46.8 Å². The second-order valence-electron chi connectivity index (χ2n) is 7.96. The van der Waals surface area contributed by atoms with Crippen molar-refractivity contribution in [2.75, 3.05) is 26.8 Å². The van der Waals surface area contributed by atoms with Crippen molar-refractivity contribution < 1.29 is 19.4 Å². The summed E-state index contributed by atoms with van der Waals surface area (Å²) < 4.78 is 4.74. The molecular weight excluding hydrogens is 406 g/mol. The maximum atomic E-state index is 12.5. The van der Waals surface area contributed by atoms with Crippen molar-refractivity contribution in [2.24, 2.45) is 5.92 Å². The van der Waals surface area contributed by atoms with Crippen LogP contribution in [0.25, 0.3) is 0 Å². The summed E-state index contributed by atoms with van der Waals surface area (Å²) >= 11 is 0. The highest BCUT2D eigenvalue weighted by Gasteiger charge is 2.23. The summed E-state index contributed by atoms with van der Waals surface area (Å²) in [6, 6.07) is 1.69. The lowest BCUT2D eigenvalue weighted by Gasteiger charge is -2.26. The molecule has 1 aromatic heterocycles. The number of likely N-dealkylation sites (tertiary alicyclic amines) is 1. The van der Waals surface area contributed by atoms with Crippen molar-refractivity contribution in [1.82, 2.24) is 15.1 Å². The Bertz CT molecular complexity index is 822. The van der Waals surface area contributed by atoms with E-state index in [1.165, 1.54) is 7.11 Å². The van der Waals surface area contributed by atoms with Crippen LogP contribution in [0.4, 0.5) is 0 Å². The zero-order valence-corrected chi connectivity index (χ0v) is 19.4. The highest BCUT2D eigenvalue weighted by atomic mass is 16.5. The second-order valence-corrected chi connectivity index (χ2v) is 7.96. The minimum absolute atomic E-state index is 0.103. The predicted molar refractivity (Wildman–Crippen MR) is 125 cm³/mol. The number of aromatic nitrogens is 2. The summed E-state index contributed by atoms with van der Waals surface area (Å²) in [6.07, 6.45) is 20.2. The van der Waals surface area contributed by atoms with Crippen LogP contribution in [-0.2, 0) is 11.2 Å². The molecule has 1 aliphatic carbocycles. The summed E-state index contributed by atoms with van der Waals surface area (Å²) in [4.78, 5) is 26.1. The Morgan fingerprint density at radius 3 is 2.34 bits per heavy atom. The minimum atomic E-state index is -0.514. The Morgan fingerprint density at radius 1 is 1.16 bits per heavy atom. The van der Waals surface area contributed by atoms with E-state index in [4.69, 9.17) is 9.84 Å². The summed E-state index contributed by atoms with van der Waals surface area (Å²) in [5.41, 5.74) is 2.28. The van der Waals surface area contributed by atoms with Crippen LogP contribution in [0.1, 0.15) is 72.5 Å². The summed E-state index contributed by atoms with van der Waals surface area (Å²) in [6.45, 7) is 5.81. The van der Waals surface area contributed by atoms with Crippen molar-refractivity contribution in [1.29, 1.82) is 0 Å². The number of ether oxygens (including phenoxy) is 1. The fraction of sp³-hybridized carbons (Fsp3) is 0.520. The number of aliphatic hydroxyl groups is 1. The molecule has 1 N–H and O–H groups in total. The van der Waals surface area contributed by atoms with Gasteiger partial charge in [-0.15, -0.1) is 23.0 Å². The number of carbonyl (C=O) groups excluding carboxylic acids is 2. The van der Waals surface area contributed by atoms with Gasteiger partial charge in [-0.3, -0.25) is 4.79 Å². The topological polar surface area (TPSA) is 92.6 Å². The molecule has 0 atom stereocenters. The van der Waals surface area contributed by atoms with Crippen LogP contribution in [0.2, 0.25) is 0 Å². The molecule has 2 aliphatic rings. The number of piperidine rings is 1. The maximum absolute atomic E-state index is 12.5. The minimum Gasteiger partial charge on any atom is -0.464 e. The van der Waals surface area contributed by atoms with E-state index in [-0.39, 0.29) is 18.2 Å². The number of terminal acetylenes is 1. The van der Waals surface area contributed by atoms with Crippen molar-refractivity contribution in [2.45, 2.75) is 52.4 Å². The molecule has 0 aromatic carbocycles. The molecule has 1 aromatic rings. The third kappa shape index (κ3) is 8.64. The summed E-state index contributed by atoms with van der Waals surface area (Å²) in [5, 5.41) is 16.5. The smallest absolute Gasteiger partial charge is 0.358 e. The standard InChI is InChI=1S/C16H23N3O3.C7H10O.C2H2/c1-11(2)9-12-10-13(17-18-14(12)16(21)22-3)15(20)19-7-5-4-6-8-19;8-6-7-4-2-1-3-5-7;1-2/h10-11H,4-9H2,1-3H3;2,4-5,8H,1,3,6H2;1-2H. The average Bonchev–Trinajstić information content (AvgIpc) is 2.85. The number of allylic oxidation sites excluding steroid dienone is 2. The van der Waals surface area contributed by atoms with Crippen LogP contribution in [-0.4, -0.2) is 58.9 Å². The maximum Gasteiger partial charge on any atom is 0.358 e. The number of carbonyl (C=O) groups is 2. The summed E-state index contributed by atoms with van der Waals surface area (Å²) in [7, 11) is 1.32. The van der Waals surface area contributed by atoms with Crippen LogP contribution in [0, 0.1) is 18.8 Å². The molecule has 1 saturated heterocycles. The van der Waals surface area contributed by atoms with Gasteiger partial charge in [-0.1, -0.05) is 32.1 Å². The fourth-order valence-electron chi connectivity index (χ4n) is 3.44. The lowest BCUT2D eigenvalue weighted by molar-refractivity contribution is 0.0588. The van der Waals surface area contributed by atoms with Gasteiger partial charge in [0, 0.05) is 13.1 Å². The number of hydrogen-bond donors (Lipinski definition) is 1. The Morgan fingerprint density at radius 2 is 1.84 bits per heavy atom. The van der Waals surface area contributed by atoms with E-state index in [2.05, 4.69) is 35.2 Å². The van der Waals surface area contributed by atoms with Gasteiger partial charge in [0.05, 0.1) is 13.7 Å². The zero-order chi connectivity index (χ0) is 23.9. The summed E-state index contributed by atoms with van der Waals surface area (Å²) in [5.74, 6) is -0.278.